The number of methoxy groups -OCH3 is 3. The van der Waals surface area contributed by atoms with Crippen molar-refractivity contribution in [2.24, 2.45) is 0 Å². The quantitative estimate of drug-likeness (QED) is 0.388. The first-order valence-electron chi connectivity index (χ1n) is 12.2. The molecule has 1 N–H and O–H groups in total. The van der Waals surface area contributed by atoms with Crippen LogP contribution in [0.1, 0.15) is 41.7 Å². The van der Waals surface area contributed by atoms with E-state index in [4.69, 9.17) is 30.5 Å². The third-order valence-electron chi connectivity index (χ3n) is 6.61. The van der Waals surface area contributed by atoms with Gasteiger partial charge in [0, 0.05) is 22.2 Å². The van der Waals surface area contributed by atoms with E-state index in [1.54, 1.807) is 44.6 Å². The number of carboxylic acid groups (broad SMARTS) is 1. The second-order valence-electron chi connectivity index (χ2n) is 8.79. The van der Waals surface area contributed by atoms with Crippen LogP contribution in [-0.2, 0) is 27.3 Å². The number of rotatable bonds is 9. The number of halogens is 1. The van der Waals surface area contributed by atoms with Crippen LogP contribution in [0.5, 0.6) is 17.2 Å². The number of fused-ring (bicyclic) bond motifs is 1. The van der Waals surface area contributed by atoms with Crippen molar-refractivity contribution >= 4 is 29.2 Å². The van der Waals surface area contributed by atoms with Crippen LogP contribution < -0.4 is 19.1 Å². The first-order valence-corrected chi connectivity index (χ1v) is 12.5. The topological polar surface area (TPSA) is 94.5 Å². The highest BCUT2D eigenvalue weighted by Crippen LogP contribution is 2.43. The molecule has 3 aromatic rings. The van der Waals surface area contributed by atoms with Crippen molar-refractivity contribution in [1.82, 2.24) is 0 Å². The molecule has 4 rings (SSSR count). The Balaban J connectivity index is 1.91. The van der Waals surface area contributed by atoms with E-state index in [0.29, 0.717) is 45.5 Å². The van der Waals surface area contributed by atoms with E-state index in [0.717, 1.165) is 11.1 Å². The zero-order valence-corrected chi connectivity index (χ0v) is 22.4. The normalized spacial score (nSPS) is 17.0. The number of anilines is 1. The summed E-state index contributed by atoms with van der Waals surface area (Å²) in [5.74, 6) is 0.205. The second kappa shape index (κ2) is 11.8. The molecular formula is C29H30ClNO7. The molecule has 0 radical (unpaired) electrons. The molecule has 38 heavy (non-hydrogen) atoms. The molecule has 2 atom stereocenters. The molecule has 0 saturated heterocycles. The number of hydrogen-bond donors (Lipinski definition) is 1. The standard InChI is InChI=1S/C29H30ClNO7/c1-5-20-21(7-6-8-24(20)36-3)28-22-13-18(30)10-12-23(22)31(29(34)26(38-28)15-27(32)33)16-17-9-11-19(35-2)14-25(17)37-4/h6-14,26,28H,5,15-16H2,1-4H3,(H,32,33)/t26-,28-/m0/s1. The lowest BCUT2D eigenvalue weighted by Gasteiger charge is -2.26. The van der Waals surface area contributed by atoms with E-state index >= 15 is 0 Å². The molecule has 0 aromatic heterocycles. The van der Waals surface area contributed by atoms with Gasteiger partial charge in [-0.3, -0.25) is 9.59 Å². The number of aliphatic carboxylic acids is 1. The van der Waals surface area contributed by atoms with Crippen molar-refractivity contribution in [2.75, 3.05) is 26.2 Å². The average molecular weight is 540 g/mol. The Morgan fingerprint density at radius 3 is 2.42 bits per heavy atom. The molecule has 0 fully saturated rings. The molecule has 1 aliphatic rings. The Kier molecular flexibility index (Phi) is 8.44. The van der Waals surface area contributed by atoms with Gasteiger partial charge in [-0.1, -0.05) is 30.7 Å². The summed E-state index contributed by atoms with van der Waals surface area (Å²) in [6, 6.07) is 16.2. The number of carboxylic acids is 1. The van der Waals surface area contributed by atoms with Crippen molar-refractivity contribution in [2.45, 2.75) is 38.5 Å². The zero-order valence-electron chi connectivity index (χ0n) is 21.7. The van der Waals surface area contributed by atoms with Gasteiger partial charge in [0.05, 0.1) is 40.0 Å². The first-order chi connectivity index (χ1) is 18.3. The lowest BCUT2D eigenvalue weighted by atomic mass is 9.93. The predicted molar refractivity (Wildman–Crippen MR) is 144 cm³/mol. The van der Waals surface area contributed by atoms with Gasteiger partial charge in [-0.25, -0.2) is 0 Å². The minimum absolute atomic E-state index is 0.117. The fraction of sp³-hybridized carbons (Fsp3) is 0.310. The first kappa shape index (κ1) is 27.3. The maximum absolute atomic E-state index is 13.9. The second-order valence-corrected chi connectivity index (χ2v) is 9.23. The number of carbonyl (C=O) groups excluding carboxylic acids is 1. The molecule has 200 valence electrons. The summed E-state index contributed by atoms with van der Waals surface area (Å²) in [6.45, 7) is 2.12. The Labute approximate surface area is 226 Å². The van der Waals surface area contributed by atoms with E-state index in [1.807, 2.05) is 31.2 Å². The summed E-state index contributed by atoms with van der Waals surface area (Å²) in [6.07, 6.45) is -1.87. The summed E-state index contributed by atoms with van der Waals surface area (Å²) >= 11 is 6.45. The monoisotopic (exact) mass is 539 g/mol. The Morgan fingerprint density at radius 1 is 1.00 bits per heavy atom. The van der Waals surface area contributed by atoms with E-state index in [9.17, 15) is 14.7 Å². The van der Waals surface area contributed by atoms with Crippen LogP contribution in [-0.4, -0.2) is 44.4 Å². The molecule has 0 bridgehead atoms. The highest BCUT2D eigenvalue weighted by Gasteiger charge is 2.39. The van der Waals surface area contributed by atoms with Gasteiger partial charge in [0.1, 0.15) is 29.5 Å². The maximum Gasteiger partial charge on any atom is 0.306 e. The molecule has 8 nitrogen and oxygen atoms in total. The summed E-state index contributed by atoms with van der Waals surface area (Å²) < 4.78 is 22.8. The summed E-state index contributed by atoms with van der Waals surface area (Å²) in [5, 5.41) is 10.1. The van der Waals surface area contributed by atoms with Gasteiger partial charge in [-0.15, -0.1) is 0 Å². The number of amides is 1. The minimum Gasteiger partial charge on any atom is -0.497 e. The number of carbonyl (C=O) groups is 2. The van der Waals surface area contributed by atoms with Crippen LogP contribution in [0.4, 0.5) is 5.69 Å². The Morgan fingerprint density at radius 2 is 1.76 bits per heavy atom. The van der Waals surface area contributed by atoms with Gasteiger partial charge in [-0.2, -0.15) is 0 Å². The fourth-order valence-corrected chi connectivity index (χ4v) is 5.00. The highest BCUT2D eigenvalue weighted by molar-refractivity contribution is 6.30. The van der Waals surface area contributed by atoms with Crippen LogP contribution >= 0.6 is 11.6 Å². The van der Waals surface area contributed by atoms with E-state index in [-0.39, 0.29) is 6.54 Å². The number of nitrogens with zero attached hydrogens (tertiary/aromatic N) is 1. The van der Waals surface area contributed by atoms with Crippen molar-refractivity contribution < 1.29 is 33.6 Å². The predicted octanol–water partition coefficient (Wildman–Crippen LogP) is 5.42. The van der Waals surface area contributed by atoms with Crippen molar-refractivity contribution in [3.63, 3.8) is 0 Å². The SMILES string of the molecule is CCc1c(OC)cccc1[C@@H]1O[C@@H](CC(=O)O)C(=O)N(Cc2ccc(OC)cc2OC)c2ccc(Cl)cc21. The molecule has 0 aliphatic carbocycles. The lowest BCUT2D eigenvalue weighted by molar-refractivity contribution is -0.147. The van der Waals surface area contributed by atoms with E-state index < -0.39 is 30.5 Å². The van der Waals surface area contributed by atoms with Crippen molar-refractivity contribution in [3.05, 3.63) is 81.9 Å². The smallest absolute Gasteiger partial charge is 0.306 e. The van der Waals surface area contributed by atoms with Gasteiger partial charge in [0.2, 0.25) is 0 Å². The molecule has 1 aliphatic heterocycles. The van der Waals surface area contributed by atoms with Crippen LogP contribution in [0.25, 0.3) is 0 Å². The van der Waals surface area contributed by atoms with E-state index in [1.165, 1.54) is 12.0 Å². The number of hydrogen-bond acceptors (Lipinski definition) is 6. The van der Waals surface area contributed by atoms with Crippen molar-refractivity contribution in [1.29, 1.82) is 0 Å². The Bertz CT molecular complexity index is 1340. The van der Waals surface area contributed by atoms with Gasteiger partial charge in [0.25, 0.3) is 5.91 Å². The molecule has 9 heteroatoms. The summed E-state index contributed by atoms with van der Waals surface area (Å²) in [7, 11) is 4.69. The zero-order chi connectivity index (χ0) is 27.4. The van der Waals surface area contributed by atoms with Crippen LogP contribution in [0.2, 0.25) is 5.02 Å². The Hall–Kier alpha value is -3.75. The highest BCUT2D eigenvalue weighted by atomic mass is 35.5. The molecule has 0 saturated carbocycles. The lowest BCUT2D eigenvalue weighted by Crippen LogP contribution is -2.40. The molecule has 3 aromatic carbocycles. The van der Waals surface area contributed by atoms with Crippen molar-refractivity contribution in [3.8, 4) is 17.2 Å². The van der Waals surface area contributed by atoms with Crippen LogP contribution in [0.15, 0.2) is 54.6 Å². The summed E-state index contributed by atoms with van der Waals surface area (Å²) in [4.78, 5) is 27.3. The maximum atomic E-state index is 13.9. The number of ether oxygens (including phenoxy) is 4. The van der Waals surface area contributed by atoms with Gasteiger partial charge < -0.3 is 29.0 Å². The van der Waals surface area contributed by atoms with Gasteiger partial charge in [0.15, 0.2) is 0 Å². The molecule has 0 unspecified atom stereocenters. The van der Waals surface area contributed by atoms with Gasteiger partial charge in [-0.05, 0) is 53.9 Å². The third-order valence-corrected chi connectivity index (χ3v) is 6.85. The fourth-order valence-electron chi connectivity index (χ4n) is 4.82. The van der Waals surface area contributed by atoms with Crippen LogP contribution in [0, 0.1) is 0 Å². The largest absolute Gasteiger partial charge is 0.497 e. The molecular weight excluding hydrogens is 510 g/mol. The third kappa shape index (κ3) is 5.42. The number of benzene rings is 3. The molecule has 1 heterocycles. The summed E-state index contributed by atoms with van der Waals surface area (Å²) in [5.41, 5.74) is 3.61. The molecule has 0 spiro atoms. The minimum atomic E-state index is -1.25. The van der Waals surface area contributed by atoms with Crippen LogP contribution in [0.3, 0.4) is 0 Å². The average Bonchev–Trinajstić information content (AvgIpc) is 3.02. The molecule has 1 amide bonds. The van der Waals surface area contributed by atoms with E-state index in [2.05, 4.69) is 0 Å². The van der Waals surface area contributed by atoms with Gasteiger partial charge >= 0.3 is 5.97 Å².